The van der Waals surface area contributed by atoms with Crippen LogP contribution < -0.4 is 5.32 Å². The lowest BCUT2D eigenvalue weighted by Crippen LogP contribution is -2.25. The predicted molar refractivity (Wildman–Crippen MR) is 45.0 cm³/mol. The highest BCUT2D eigenvalue weighted by molar-refractivity contribution is 5.82. The number of carbonyl (C=O) groups excluding carboxylic acids is 1. The van der Waals surface area contributed by atoms with Crippen LogP contribution in [0.2, 0.25) is 0 Å². The highest BCUT2D eigenvalue weighted by Crippen LogP contribution is 2.15. The second-order valence-corrected chi connectivity index (χ2v) is 2.58. The summed E-state index contributed by atoms with van der Waals surface area (Å²) in [5, 5.41) is 11.1. The number of rotatable bonds is 1. The smallest absolute Gasteiger partial charge is 0.230 e. The predicted octanol–water partition coefficient (Wildman–Crippen LogP) is 0.758. The van der Waals surface area contributed by atoms with Crippen molar-refractivity contribution >= 4 is 5.91 Å². The van der Waals surface area contributed by atoms with Crippen LogP contribution in [-0.2, 0) is 4.79 Å². The molecule has 0 heterocycles. The van der Waals surface area contributed by atoms with E-state index < -0.39 is 0 Å². The molecule has 3 nitrogen and oxygen atoms in total. The third kappa shape index (κ3) is 1.73. The number of nitriles is 1. The van der Waals surface area contributed by atoms with Gasteiger partial charge < -0.3 is 5.32 Å². The summed E-state index contributed by atoms with van der Waals surface area (Å²) < 4.78 is 0. The van der Waals surface area contributed by atoms with Gasteiger partial charge in [-0.1, -0.05) is 18.2 Å². The molecule has 1 N–H and O–H groups in total. The maximum atomic E-state index is 11.1. The van der Waals surface area contributed by atoms with Crippen LogP contribution in [0.1, 0.15) is 6.42 Å². The Kier molecular flexibility index (Phi) is 2.65. The second-order valence-electron chi connectivity index (χ2n) is 2.58. The third-order valence-electron chi connectivity index (χ3n) is 1.75. The molecule has 1 rings (SSSR count). The Balaban J connectivity index is 2.74. The van der Waals surface area contributed by atoms with Gasteiger partial charge in [0.1, 0.15) is 0 Å². The minimum absolute atomic E-state index is 0.0706. The summed E-state index contributed by atoms with van der Waals surface area (Å²) in [6.45, 7) is 0. The van der Waals surface area contributed by atoms with Crippen LogP contribution >= 0.6 is 0 Å². The number of nitrogens with one attached hydrogen (secondary N) is 1. The number of allylic oxidation sites excluding steroid dienone is 2. The number of hydrogen-bond acceptors (Lipinski definition) is 2. The van der Waals surface area contributed by atoms with Gasteiger partial charge in [0.25, 0.3) is 0 Å². The van der Waals surface area contributed by atoms with Crippen LogP contribution in [0.15, 0.2) is 23.8 Å². The first-order chi connectivity index (χ1) is 5.77. The molecule has 62 valence electrons. The van der Waals surface area contributed by atoms with Crippen molar-refractivity contribution in [1.82, 2.24) is 5.32 Å². The van der Waals surface area contributed by atoms with E-state index in [0.29, 0.717) is 12.0 Å². The van der Waals surface area contributed by atoms with Crippen molar-refractivity contribution in [2.75, 3.05) is 7.05 Å². The molecule has 0 radical (unpaired) electrons. The summed E-state index contributed by atoms with van der Waals surface area (Å²) in [5.74, 6) is -0.336. The normalized spacial score (nSPS) is 21.0. The number of hydrogen-bond donors (Lipinski definition) is 1. The van der Waals surface area contributed by atoms with Gasteiger partial charge in [-0.3, -0.25) is 4.79 Å². The monoisotopic (exact) mass is 162 g/mol. The average molecular weight is 162 g/mol. The summed E-state index contributed by atoms with van der Waals surface area (Å²) in [6.07, 6.45) is 5.99. The Morgan fingerprint density at radius 3 is 3.17 bits per heavy atom. The van der Waals surface area contributed by atoms with Gasteiger partial charge in [-0.15, -0.1) is 0 Å². The van der Waals surface area contributed by atoms with E-state index in [-0.39, 0.29) is 11.8 Å². The van der Waals surface area contributed by atoms with Gasteiger partial charge >= 0.3 is 0 Å². The molecule has 1 amide bonds. The molecule has 1 atom stereocenters. The third-order valence-corrected chi connectivity index (χ3v) is 1.75. The molecule has 0 spiro atoms. The summed E-state index contributed by atoms with van der Waals surface area (Å²) in [6, 6.07) is 2.04. The molecule has 0 aromatic heterocycles. The van der Waals surface area contributed by atoms with Crippen molar-refractivity contribution in [3.8, 4) is 6.07 Å². The Morgan fingerprint density at radius 2 is 2.58 bits per heavy atom. The van der Waals surface area contributed by atoms with Crippen molar-refractivity contribution in [3.63, 3.8) is 0 Å². The van der Waals surface area contributed by atoms with Gasteiger partial charge in [0.05, 0.1) is 12.0 Å². The number of nitrogens with zero attached hydrogens (tertiary/aromatic N) is 1. The fourth-order valence-corrected chi connectivity index (χ4v) is 1.09. The van der Waals surface area contributed by atoms with Crippen molar-refractivity contribution in [3.05, 3.63) is 23.8 Å². The maximum absolute atomic E-state index is 11.1. The molecule has 0 saturated heterocycles. The largest absolute Gasteiger partial charge is 0.358 e. The topological polar surface area (TPSA) is 52.9 Å². The Hall–Kier alpha value is -1.56. The standard InChI is InChI=1S/C9H10N2O/c1-11-9(12)8-4-2-3-7(5-8)6-10/h2,4-5,8H,3H2,1H3,(H,11,12). The fraction of sp³-hybridized carbons (Fsp3) is 0.333. The zero-order valence-electron chi connectivity index (χ0n) is 6.87. The van der Waals surface area contributed by atoms with Crippen molar-refractivity contribution < 1.29 is 4.79 Å². The average Bonchev–Trinajstić information content (AvgIpc) is 2.17. The summed E-state index contributed by atoms with van der Waals surface area (Å²) in [4.78, 5) is 11.1. The van der Waals surface area contributed by atoms with Crippen LogP contribution in [0, 0.1) is 17.2 Å². The lowest BCUT2D eigenvalue weighted by molar-refractivity contribution is -0.121. The first-order valence-corrected chi connectivity index (χ1v) is 3.77. The van der Waals surface area contributed by atoms with Gasteiger partial charge in [0.15, 0.2) is 0 Å². The molecule has 0 aromatic carbocycles. The van der Waals surface area contributed by atoms with E-state index in [2.05, 4.69) is 5.32 Å². The SMILES string of the molecule is CNC(=O)C1C=CCC(C#N)=C1. The van der Waals surface area contributed by atoms with Crippen LogP contribution in [0.25, 0.3) is 0 Å². The molecule has 0 aliphatic heterocycles. The van der Waals surface area contributed by atoms with E-state index in [1.807, 2.05) is 12.1 Å². The van der Waals surface area contributed by atoms with E-state index in [9.17, 15) is 4.79 Å². The molecule has 0 saturated carbocycles. The summed E-state index contributed by atoms with van der Waals surface area (Å²) in [7, 11) is 1.59. The van der Waals surface area contributed by atoms with Crippen molar-refractivity contribution in [2.24, 2.45) is 5.92 Å². The van der Waals surface area contributed by atoms with Gasteiger partial charge in [-0.05, 0) is 0 Å². The quantitative estimate of drug-likeness (QED) is 0.579. The molecule has 1 aliphatic carbocycles. The minimum atomic E-state index is -0.265. The zero-order chi connectivity index (χ0) is 8.97. The molecular weight excluding hydrogens is 152 g/mol. The summed E-state index contributed by atoms with van der Waals surface area (Å²) in [5.41, 5.74) is 0.658. The first-order valence-electron chi connectivity index (χ1n) is 3.77. The zero-order valence-corrected chi connectivity index (χ0v) is 6.87. The molecule has 1 aliphatic rings. The fourth-order valence-electron chi connectivity index (χ4n) is 1.09. The van der Waals surface area contributed by atoms with Gasteiger partial charge in [-0.2, -0.15) is 5.26 Å². The molecule has 0 bridgehead atoms. The van der Waals surface area contributed by atoms with E-state index in [4.69, 9.17) is 5.26 Å². The minimum Gasteiger partial charge on any atom is -0.358 e. The Labute approximate surface area is 71.4 Å². The molecular formula is C9H10N2O. The van der Waals surface area contributed by atoms with E-state index in [0.717, 1.165) is 0 Å². The maximum Gasteiger partial charge on any atom is 0.230 e. The second kappa shape index (κ2) is 3.72. The molecule has 0 fully saturated rings. The van der Waals surface area contributed by atoms with Crippen LogP contribution in [0.3, 0.4) is 0 Å². The number of amides is 1. The highest BCUT2D eigenvalue weighted by Gasteiger charge is 2.14. The van der Waals surface area contributed by atoms with E-state index in [1.165, 1.54) is 0 Å². The first kappa shape index (κ1) is 8.54. The van der Waals surface area contributed by atoms with Gasteiger partial charge in [0, 0.05) is 19.0 Å². The van der Waals surface area contributed by atoms with Crippen LogP contribution in [0.5, 0.6) is 0 Å². The lowest BCUT2D eigenvalue weighted by atomic mass is 9.97. The van der Waals surface area contributed by atoms with Crippen LogP contribution in [0.4, 0.5) is 0 Å². The van der Waals surface area contributed by atoms with E-state index in [1.54, 1.807) is 19.2 Å². The Morgan fingerprint density at radius 1 is 1.83 bits per heavy atom. The molecule has 1 unspecified atom stereocenters. The van der Waals surface area contributed by atoms with E-state index >= 15 is 0 Å². The molecule has 3 heteroatoms. The summed E-state index contributed by atoms with van der Waals surface area (Å²) >= 11 is 0. The van der Waals surface area contributed by atoms with Gasteiger partial charge in [-0.25, -0.2) is 0 Å². The molecule has 0 aromatic rings. The van der Waals surface area contributed by atoms with Crippen molar-refractivity contribution in [1.29, 1.82) is 5.26 Å². The van der Waals surface area contributed by atoms with Crippen molar-refractivity contribution in [2.45, 2.75) is 6.42 Å². The number of carbonyl (C=O) groups is 1. The highest BCUT2D eigenvalue weighted by atomic mass is 16.1. The van der Waals surface area contributed by atoms with Gasteiger partial charge in [0.2, 0.25) is 5.91 Å². The lowest BCUT2D eigenvalue weighted by Gasteiger charge is -2.10. The van der Waals surface area contributed by atoms with Crippen LogP contribution in [-0.4, -0.2) is 13.0 Å². The Bertz CT molecular complexity index is 283. The molecule has 12 heavy (non-hydrogen) atoms.